The first-order valence-electron chi connectivity index (χ1n) is 8.91. The van der Waals surface area contributed by atoms with Crippen molar-refractivity contribution in [1.29, 1.82) is 0 Å². The van der Waals surface area contributed by atoms with Gasteiger partial charge < -0.3 is 4.90 Å². The minimum absolute atomic E-state index is 0.674. The van der Waals surface area contributed by atoms with Crippen molar-refractivity contribution in [3.8, 4) is 5.69 Å². The first-order chi connectivity index (χ1) is 13.2. The monoisotopic (exact) mass is 377 g/mol. The SMILES string of the molecule is CCN(Cc1ccccc1)c1ncnc2c1cnn2-c1cc(Cl)ccc1C. The van der Waals surface area contributed by atoms with Crippen molar-refractivity contribution in [3.05, 3.63) is 77.2 Å². The molecule has 5 nitrogen and oxygen atoms in total. The molecule has 0 amide bonds. The normalized spacial score (nSPS) is 11.1. The maximum Gasteiger partial charge on any atom is 0.168 e. The average molecular weight is 378 g/mol. The molecule has 0 atom stereocenters. The van der Waals surface area contributed by atoms with Crippen LogP contribution in [0.3, 0.4) is 0 Å². The van der Waals surface area contributed by atoms with Crippen molar-refractivity contribution in [2.75, 3.05) is 11.4 Å². The maximum atomic E-state index is 6.20. The number of hydrogen-bond acceptors (Lipinski definition) is 4. The zero-order chi connectivity index (χ0) is 18.8. The molecule has 2 heterocycles. The van der Waals surface area contributed by atoms with Gasteiger partial charge >= 0.3 is 0 Å². The molecule has 27 heavy (non-hydrogen) atoms. The molecule has 0 fully saturated rings. The molecule has 0 aliphatic carbocycles. The summed E-state index contributed by atoms with van der Waals surface area (Å²) in [7, 11) is 0. The summed E-state index contributed by atoms with van der Waals surface area (Å²) < 4.78 is 1.83. The van der Waals surface area contributed by atoms with Crippen molar-refractivity contribution < 1.29 is 0 Å². The second-order valence-corrected chi connectivity index (χ2v) is 6.86. The van der Waals surface area contributed by atoms with Crippen LogP contribution in [0.25, 0.3) is 16.7 Å². The van der Waals surface area contributed by atoms with Gasteiger partial charge in [-0.3, -0.25) is 0 Å². The number of aromatic nitrogens is 4. The molecule has 136 valence electrons. The summed E-state index contributed by atoms with van der Waals surface area (Å²) >= 11 is 6.20. The van der Waals surface area contributed by atoms with Gasteiger partial charge in [0.15, 0.2) is 5.65 Å². The molecule has 0 saturated carbocycles. The van der Waals surface area contributed by atoms with Crippen molar-refractivity contribution in [1.82, 2.24) is 19.7 Å². The summed E-state index contributed by atoms with van der Waals surface area (Å²) in [5.74, 6) is 0.886. The van der Waals surface area contributed by atoms with Gasteiger partial charge in [-0.1, -0.05) is 48.0 Å². The Hall–Kier alpha value is -2.92. The molecule has 2 aromatic carbocycles. The molecule has 0 spiro atoms. The van der Waals surface area contributed by atoms with Crippen LogP contribution in [0.1, 0.15) is 18.1 Å². The van der Waals surface area contributed by atoms with Crippen LogP contribution < -0.4 is 4.90 Å². The topological polar surface area (TPSA) is 46.8 Å². The number of benzene rings is 2. The van der Waals surface area contributed by atoms with Gasteiger partial charge in [0.25, 0.3) is 0 Å². The lowest BCUT2D eigenvalue weighted by molar-refractivity contribution is 0.815. The molecular formula is C21H20ClN5. The minimum atomic E-state index is 0.674. The molecule has 0 radical (unpaired) electrons. The third kappa shape index (κ3) is 3.38. The first-order valence-corrected chi connectivity index (χ1v) is 9.29. The van der Waals surface area contributed by atoms with Gasteiger partial charge in [0.1, 0.15) is 12.1 Å². The van der Waals surface area contributed by atoms with Crippen molar-refractivity contribution in [2.24, 2.45) is 0 Å². The maximum absolute atomic E-state index is 6.20. The highest BCUT2D eigenvalue weighted by atomic mass is 35.5. The quantitative estimate of drug-likeness (QED) is 0.501. The molecule has 0 bridgehead atoms. The van der Waals surface area contributed by atoms with E-state index in [2.05, 4.69) is 51.2 Å². The Bertz CT molecular complexity index is 1070. The summed E-state index contributed by atoms with van der Waals surface area (Å²) in [6, 6.07) is 16.2. The number of anilines is 1. The summed E-state index contributed by atoms with van der Waals surface area (Å²) in [6.45, 7) is 5.78. The average Bonchev–Trinajstić information content (AvgIpc) is 3.13. The highest BCUT2D eigenvalue weighted by molar-refractivity contribution is 6.30. The minimum Gasteiger partial charge on any atom is -0.352 e. The zero-order valence-corrected chi connectivity index (χ0v) is 16.1. The van der Waals surface area contributed by atoms with Crippen LogP contribution in [-0.4, -0.2) is 26.3 Å². The van der Waals surface area contributed by atoms with E-state index >= 15 is 0 Å². The first kappa shape index (κ1) is 17.5. The molecule has 0 N–H and O–H groups in total. The van der Waals surface area contributed by atoms with Gasteiger partial charge in [-0.15, -0.1) is 0 Å². The molecule has 0 aliphatic rings. The van der Waals surface area contributed by atoms with Gasteiger partial charge in [-0.25, -0.2) is 14.6 Å². The van der Waals surface area contributed by atoms with Gasteiger partial charge in [-0.2, -0.15) is 5.10 Å². The predicted octanol–water partition coefficient (Wildman–Crippen LogP) is 4.80. The van der Waals surface area contributed by atoms with E-state index < -0.39 is 0 Å². The summed E-state index contributed by atoms with van der Waals surface area (Å²) in [6.07, 6.45) is 3.43. The van der Waals surface area contributed by atoms with Gasteiger partial charge in [-0.05, 0) is 37.1 Å². The van der Waals surface area contributed by atoms with E-state index in [4.69, 9.17) is 11.6 Å². The van der Waals surface area contributed by atoms with Crippen molar-refractivity contribution in [2.45, 2.75) is 20.4 Å². The summed E-state index contributed by atoms with van der Waals surface area (Å²) in [4.78, 5) is 11.3. The number of nitrogens with zero attached hydrogens (tertiary/aromatic N) is 5. The molecule has 4 rings (SSSR count). The Morgan fingerprint density at radius 2 is 1.89 bits per heavy atom. The van der Waals surface area contributed by atoms with E-state index in [1.807, 2.05) is 42.1 Å². The fraction of sp³-hybridized carbons (Fsp3) is 0.190. The molecular weight excluding hydrogens is 358 g/mol. The third-order valence-electron chi connectivity index (χ3n) is 4.64. The molecule has 2 aromatic heterocycles. The Labute approximate surface area is 163 Å². The van der Waals surface area contributed by atoms with Crippen molar-refractivity contribution >= 4 is 28.5 Å². The third-order valence-corrected chi connectivity index (χ3v) is 4.88. The van der Waals surface area contributed by atoms with Crippen LogP contribution in [-0.2, 0) is 6.54 Å². The van der Waals surface area contributed by atoms with Crippen LogP contribution in [0, 0.1) is 6.92 Å². The van der Waals surface area contributed by atoms with Gasteiger partial charge in [0.2, 0.25) is 0 Å². The highest BCUT2D eigenvalue weighted by Gasteiger charge is 2.16. The van der Waals surface area contributed by atoms with E-state index in [9.17, 15) is 0 Å². The van der Waals surface area contributed by atoms with Crippen LogP contribution in [0.4, 0.5) is 5.82 Å². The van der Waals surface area contributed by atoms with E-state index in [0.29, 0.717) is 5.02 Å². The highest BCUT2D eigenvalue weighted by Crippen LogP contribution is 2.27. The fourth-order valence-electron chi connectivity index (χ4n) is 3.21. The lowest BCUT2D eigenvalue weighted by Crippen LogP contribution is -2.23. The molecule has 0 unspecified atom stereocenters. The zero-order valence-electron chi connectivity index (χ0n) is 15.3. The fourth-order valence-corrected chi connectivity index (χ4v) is 3.38. The molecule has 4 aromatic rings. The van der Waals surface area contributed by atoms with Crippen molar-refractivity contribution in [3.63, 3.8) is 0 Å². The standard InChI is InChI=1S/C21H20ClN5/c1-3-26(13-16-7-5-4-6-8-16)20-18-12-25-27(21(18)24-14-23-20)19-11-17(22)10-9-15(19)2/h4-12,14H,3,13H2,1-2H3. The Balaban J connectivity index is 1.79. The second kappa shape index (κ2) is 7.37. The van der Waals surface area contributed by atoms with E-state index in [-0.39, 0.29) is 0 Å². The lowest BCUT2D eigenvalue weighted by atomic mass is 10.2. The molecule has 6 heteroatoms. The summed E-state index contributed by atoms with van der Waals surface area (Å²) in [5.41, 5.74) is 4.02. The Morgan fingerprint density at radius 1 is 1.07 bits per heavy atom. The van der Waals surface area contributed by atoms with Crippen LogP contribution in [0.5, 0.6) is 0 Å². The molecule has 0 saturated heterocycles. The largest absolute Gasteiger partial charge is 0.352 e. The predicted molar refractivity (Wildman–Crippen MR) is 110 cm³/mol. The number of aryl methyl sites for hydroxylation is 1. The van der Waals surface area contributed by atoms with Gasteiger partial charge in [0.05, 0.1) is 17.3 Å². The van der Waals surface area contributed by atoms with E-state index in [1.54, 1.807) is 6.33 Å². The number of halogens is 1. The lowest BCUT2D eigenvalue weighted by Gasteiger charge is -2.22. The smallest absolute Gasteiger partial charge is 0.168 e. The summed E-state index contributed by atoms with van der Waals surface area (Å²) in [5, 5.41) is 6.18. The van der Waals surface area contributed by atoms with Crippen LogP contribution in [0.2, 0.25) is 5.02 Å². The number of rotatable bonds is 5. The van der Waals surface area contributed by atoms with Crippen LogP contribution in [0.15, 0.2) is 61.1 Å². The number of fused-ring (bicyclic) bond motifs is 1. The van der Waals surface area contributed by atoms with Gasteiger partial charge in [0, 0.05) is 18.1 Å². The van der Waals surface area contributed by atoms with E-state index in [0.717, 1.165) is 41.2 Å². The van der Waals surface area contributed by atoms with Crippen LogP contribution >= 0.6 is 11.6 Å². The Kier molecular flexibility index (Phi) is 4.77. The molecule has 0 aliphatic heterocycles. The second-order valence-electron chi connectivity index (χ2n) is 6.42. The Morgan fingerprint density at radius 3 is 2.67 bits per heavy atom. The van der Waals surface area contributed by atoms with E-state index in [1.165, 1.54) is 5.56 Å². The number of hydrogen-bond donors (Lipinski definition) is 0.